The van der Waals surface area contributed by atoms with Gasteiger partial charge in [-0.15, -0.1) is 0 Å². The van der Waals surface area contributed by atoms with E-state index in [0.717, 1.165) is 41.0 Å². The fourth-order valence-electron chi connectivity index (χ4n) is 4.38. The second kappa shape index (κ2) is 10.1. The summed E-state index contributed by atoms with van der Waals surface area (Å²) in [5.41, 5.74) is 4.33. The summed E-state index contributed by atoms with van der Waals surface area (Å²) in [4.78, 5) is 2.24. The molecular formula is C27H38FNO3S. The third-order valence-corrected chi connectivity index (χ3v) is 8.99. The molecule has 0 amide bonds. The van der Waals surface area contributed by atoms with Gasteiger partial charge < -0.3 is 9.64 Å². The molecule has 6 heteroatoms. The smallest absolute Gasteiger partial charge is 0.159 e. The van der Waals surface area contributed by atoms with Crippen LogP contribution in [0.1, 0.15) is 63.8 Å². The van der Waals surface area contributed by atoms with E-state index in [1.807, 2.05) is 37.3 Å². The molecule has 1 heterocycles. The highest BCUT2D eigenvalue weighted by Gasteiger charge is 2.29. The third-order valence-electron chi connectivity index (χ3n) is 6.41. The largest absolute Gasteiger partial charge is 0.372 e. The first kappa shape index (κ1) is 25.7. The number of aryl methyl sites for hydroxylation is 2. The molecule has 2 aromatic carbocycles. The Morgan fingerprint density at radius 3 is 2.09 bits per heavy atom. The Hall–Kier alpha value is -1.92. The summed E-state index contributed by atoms with van der Waals surface area (Å²) < 4.78 is 45.4. The number of halogens is 1. The normalized spacial score (nSPS) is 19.7. The topological polar surface area (TPSA) is 46.6 Å². The van der Waals surface area contributed by atoms with E-state index in [0.29, 0.717) is 19.3 Å². The van der Waals surface area contributed by atoms with Gasteiger partial charge in [-0.05, 0) is 76.6 Å². The second-order valence-electron chi connectivity index (χ2n) is 10.2. The third kappa shape index (κ3) is 6.15. The van der Waals surface area contributed by atoms with E-state index in [4.69, 9.17) is 4.74 Å². The van der Waals surface area contributed by atoms with Gasteiger partial charge in [-0.1, -0.05) is 37.3 Å². The van der Waals surface area contributed by atoms with Gasteiger partial charge in [0.15, 0.2) is 9.84 Å². The number of nitrogens with zero attached hydrogens (tertiary/aromatic N) is 1. The molecule has 0 unspecified atom stereocenters. The van der Waals surface area contributed by atoms with E-state index in [1.165, 1.54) is 0 Å². The van der Waals surface area contributed by atoms with Crippen LogP contribution >= 0.6 is 0 Å². The summed E-state index contributed by atoms with van der Waals surface area (Å²) in [5, 5.41) is 0. The van der Waals surface area contributed by atoms with Gasteiger partial charge in [0, 0.05) is 24.3 Å². The van der Waals surface area contributed by atoms with Gasteiger partial charge in [-0.3, -0.25) is 0 Å². The molecule has 4 nitrogen and oxygen atoms in total. The Balaban J connectivity index is 1.70. The van der Waals surface area contributed by atoms with Crippen LogP contribution < -0.4 is 4.90 Å². The van der Waals surface area contributed by atoms with Crippen LogP contribution in [0.3, 0.4) is 0 Å². The summed E-state index contributed by atoms with van der Waals surface area (Å²) in [6.07, 6.45) is 2.21. The zero-order valence-corrected chi connectivity index (χ0v) is 21.6. The number of hydrogen-bond donors (Lipinski definition) is 0. The Morgan fingerprint density at radius 2 is 1.55 bits per heavy atom. The molecule has 0 bridgehead atoms. The maximum atomic E-state index is 15.4. The first-order chi connectivity index (χ1) is 15.4. The summed E-state index contributed by atoms with van der Waals surface area (Å²) in [6.45, 7) is 12.8. The zero-order chi connectivity index (χ0) is 24.4. The molecule has 182 valence electrons. The Morgan fingerprint density at radius 1 is 0.970 bits per heavy atom. The van der Waals surface area contributed by atoms with E-state index in [9.17, 15) is 8.42 Å². The molecule has 0 saturated carbocycles. The van der Waals surface area contributed by atoms with Crippen molar-refractivity contribution < 1.29 is 17.5 Å². The van der Waals surface area contributed by atoms with Crippen molar-refractivity contribution in [3.8, 4) is 0 Å². The molecule has 1 aliphatic rings. The minimum atomic E-state index is -3.21. The van der Waals surface area contributed by atoms with Crippen molar-refractivity contribution in [3.05, 3.63) is 64.5 Å². The highest BCUT2D eigenvalue weighted by molar-refractivity contribution is 7.91. The Bertz CT molecular complexity index is 1050. The van der Waals surface area contributed by atoms with Gasteiger partial charge in [0.05, 0.1) is 22.7 Å². The van der Waals surface area contributed by atoms with Crippen molar-refractivity contribution in [1.82, 2.24) is 0 Å². The fourth-order valence-corrected chi connectivity index (χ4v) is 5.44. The number of anilines is 1. The first-order valence-corrected chi connectivity index (χ1v) is 13.6. The summed E-state index contributed by atoms with van der Waals surface area (Å²) >= 11 is 0. The lowest BCUT2D eigenvalue weighted by atomic mass is 9.98. The molecule has 0 radical (unpaired) electrons. The number of rotatable bonds is 7. The molecule has 2 aromatic rings. The van der Waals surface area contributed by atoms with Crippen LogP contribution in [0.5, 0.6) is 0 Å². The predicted molar refractivity (Wildman–Crippen MR) is 134 cm³/mol. The van der Waals surface area contributed by atoms with E-state index in [1.54, 1.807) is 20.8 Å². The van der Waals surface area contributed by atoms with E-state index in [2.05, 4.69) is 24.8 Å². The van der Waals surface area contributed by atoms with Crippen molar-refractivity contribution >= 4 is 15.5 Å². The summed E-state index contributed by atoms with van der Waals surface area (Å²) in [7, 11) is -3.21. The van der Waals surface area contributed by atoms with Crippen LogP contribution in [0.15, 0.2) is 36.4 Å². The maximum Gasteiger partial charge on any atom is 0.159 e. The van der Waals surface area contributed by atoms with Crippen molar-refractivity contribution in [3.63, 3.8) is 0 Å². The van der Waals surface area contributed by atoms with Crippen LogP contribution in [0.4, 0.5) is 10.1 Å². The van der Waals surface area contributed by atoms with Crippen LogP contribution in [0.25, 0.3) is 0 Å². The molecular weight excluding hydrogens is 437 g/mol. The van der Waals surface area contributed by atoms with Crippen LogP contribution in [-0.2, 0) is 39.6 Å². The molecule has 1 aliphatic heterocycles. The van der Waals surface area contributed by atoms with Gasteiger partial charge in [-0.25, -0.2) is 12.8 Å². The van der Waals surface area contributed by atoms with E-state index < -0.39 is 14.6 Å². The van der Waals surface area contributed by atoms with Crippen molar-refractivity contribution in [1.29, 1.82) is 0 Å². The molecule has 0 aliphatic carbocycles. The number of hydrogen-bond acceptors (Lipinski definition) is 4. The average molecular weight is 476 g/mol. The maximum absolute atomic E-state index is 15.4. The predicted octanol–water partition coefficient (Wildman–Crippen LogP) is 5.50. The SMILES string of the molecule is CCc1c(N2C[C@@H](C)O[C@@H](C)C2)ccc(CCc2ccc(CS(=O)(=O)C(C)(C)C)cc2)c1F. The number of sulfone groups is 1. The number of morpholine rings is 1. The molecule has 0 spiro atoms. The molecule has 0 N–H and O–H groups in total. The molecule has 33 heavy (non-hydrogen) atoms. The van der Waals surface area contributed by atoms with Crippen LogP contribution in [-0.4, -0.2) is 38.5 Å². The Kier molecular flexibility index (Phi) is 7.90. The molecule has 1 fully saturated rings. The van der Waals surface area contributed by atoms with Gasteiger partial charge in [0.1, 0.15) is 5.82 Å². The Labute approximate surface area is 199 Å². The molecule has 2 atom stereocenters. The van der Waals surface area contributed by atoms with E-state index >= 15 is 4.39 Å². The average Bonchev–Trinajstić information content (AvgIpc) is 2.72. The van der Waals surface area contributed by atoms with Gasteiger partial charge in [0.2, 0.25) is 0 Å². The lowest BCUT2D eigenvalue weighted by molar-refractivity contribution is -0.00528. The van der Waals surface area contributed by atoms with Gasteiger partial charge in [-0.2, -0.15) is 0 Å². The minimum absolute atomic E-state index is 0.0332. The van der Waals surface area contributed by atoms with Crippen LogP contribution in [0, 0.1) is 5.82 Å². The van der Waals surface area contributed by atoms with Crippen molar-refractivity contribution in [2.75, 3.05) is 18.0 Å². The molecule has 0 aromatic heterocycles. The summed E-state index contributed by atoms with van der Waals surface area (Å²) in [5.74, 6) is -0.0689. The lowest BCUT2D eigenvalue weighted by Gasteiger charge is -2.38. The monoisotopic (exact) mass is 475 g/mol. The second-order valence-corrected chi connectivity index (χ2v) is 13.0. The highest BCUT2D eigenvalue weighted by Crippen LogP contribution is 2.30. The van der Waals surface area contributed by atoms with Crippen LogP contribution in [0.2, 0.25) is 0 Å². The quantitative estimate of drug-likeness (QED) is 0.530. The van der Waals surface area contributed by atoms with E-state index in [-0.39, 0.29) is 23.8 Å². The number of ether oxygens (including phenoxy) is 1. The summed E-state index contributed by atoms with van der Waals surface area (Å²) in [6, 6.07) is 11.6. The van der Waals surface area contributed by atoms with Gasteiger partial charge >= 0.3 is 0 Å². The highest BCUT2D eigenvalue weighted by atomic mass is 32.2. The van der Waals surface area contributed by atoms with Gasteiger partial charge in [0.25, 0.3) is 0 Å². The van der Waals surface area contributed by atoms with Crippen molar-refractivity contribution in [2.45, 2.75) is 83.5 Å². The fraction of sp³-hybridized carbons (Fsp3) is 0.556. The molecule has 3 rings (SSSR count). The first-order valence-electron chi connectivity index (χ1n) is 11.9. The minimum Gasteiger partial charge on any atom is -0.372 e. The van der Waals surface area contributed by atoms with Crippen molar-refractivity contribution in [2.24, 2.45) is 0 Å². The molecule has 1 saturated heterocycles. The standard InChI is InChI=1S/C27H38FNO3S/c1-7-24-25(29-16-19(2)32-20(3)17-29)15-14-23(26(24)28)13-12-21-8-10-22(11-9-21)18-33(30,31)27(4,5)6/h8-11,14-15,19-20H,7,12-13,16-18H2,1-6H3/t19-,20+. The zero-order valence-electron chi connectivity index (χ0n) is 20.8. The number of benzene rings is 2. The lowest BCUT2D eigenvalue weighted by Crippen LogP contribution is -2.46.